The van der Waals surface area contributed by atoms with Crippen molar-refractivity contribution in [2.45, 2.75) is 0 Å². The van der Waals surface area contributed by atoms with E-state index in [4.69, 9.17) is 0 Å². The second-order valence-electron chi connectivity index (χ2n) is 5.81. The first kappa shape index (κ1) is 16.8. The molecule has 130 valence electrons. The van der Waals surface area contributed by atoms with Crippen LogP contribution >= 0.6 is 0 Å². The standard InChI is InChI=1S/C16H18N6O3/c1-20-5-7-21(8-6-20)15-10-14(17-11-18-15)19-16(23)12-3-2-4-13(9-12)22(24)25/h2-4,9-11H,5-8H2,1H3,(H,17,18,19,23). The summed E-state index contributed by atoms with van der Waals surface area (Å²) in [5, 5.41) is 13.5. The highest BCUT2D eigenvalue weighted by Crippen LogP contribution is 2.18. The van der Waals surface area contributed by atoms with E-state index in [9.17, 15) is 14.9 Å². The molecule has 1 fully saturated rings. The Hall–Kier alpha value is -3.07. The number of benzene rings is 1. The quantitative estimate of drug-likeness (QED) is 0.661. The zero-order valence-electron chi connectivity index (χ0n) is 13.8. The Labute approximate surface area is 144 Å². The molecule has 2 heterocycles. The van der Waals surface area contributed by atoms with Gasteiger partial charge in [-0.05, 0) is 13.1 Å². The number of carbonyl (C=O) groups is 1. The van der Waals surface area contributed by atoms with Gasteiger partial charge in [-0.15, -0.1) is 0 Å². The normalized spacial score (nSPS) is 15.0. The van der Waals surface area contributed by atoms with Crippen molar-refractivity contribution in [3.8, 4) is 0 Å². The van der Waals surface area contributed by atoms with Gasteiger partial charge in [0.25, 0.3) is 11.6 Å². The van der Waals surface area contributed by atoms with Crippen LogP contribution in [-0.2, 0) is 0 Å². The number of anilines is 2. The smallest absolute Gasteiger partial charge is 0.270 e. The third-order valence-corrected chi connectivity index (χ3v) is 4.04. The monoisotopic (exact) mass is 342 g/mol. The topological polar surface area (TPSA) is 104 Å². The van der Waals surface area contributed by atoms with E-state index in [0.29, 0.717) is 5.82 Å². The molecule has 1 N–H and O–H groups in total. The van der Waals surface area contributed by atoms with Crippen LogP contribution < -0.4 is 10.2 Å². The van der Waals surface area contributed by atoms with Crippen molar-refractivity contribution in [2.24, 2.45) is 0 Å². The summed E-state index contributed by atoms with van der Waals surface area (Å²) < 4.78 is 0. The molecule has 2 aromatic rings. The summed E-state index contributed by atoms with van der Waals surface area (Å²) in [5.74, 6) is 0.657. The number of nitro groups is 1. The van der Waals surface area contributed by atoms with E-state index < -0.39 is 10.8 Å². The van der Waals surface area contributed by atoms with E-state index in [2.05, 4.69) is 32.1 Å². The van der Waals surface area contributed by atoms with Crippen LogP contribution in [0.5, 0.6) is 0 Å². The summed E-state index contributed by atoms with van der Waals surface area (Å²) in [6, 6.07) is 7.28. The SMILES string of the molecule is CN1CCN(c2cc(NC(=O)c3cccc([N+](=O)[O-])c3)ncn2)CC1. The van der Waals surface area contributed by atoms with E-state index in [1.165, 1.54) is 30.6 Å². The maximum atomic E-state index is 12.3. The number of non-ortho nitro benzene ring substituents is 1. The zero-order valence-corrected chi connectivity index (χ0v) is 13.8. The molecule has 0 spiro atoms. The molecule has 1 saturated heterocycles. The Bertz CT molecular complexity index is 789. The summed E-state index contributed by atoms with van der Waals surface area (Å²) in [4.78, 5) is 35.3. The zero-order chi connectivity index (χ0) is 17.8. The van der Waals surface area contributed by atoms with Crippen molar-refractivity contribution in [3.63, 3.8) is 0 Å². The van der Waals surface area contributed by atoms with Crippen LogP contribution in [0.25, 0.3) is 0 Å². The van der Waals surface area contributed by atoms with Gasteiger partial charge in [0.15, 0.2) is 0 Å². The van der Waals surface area contributed by atoms with E-state index >= 15 is 0 Å². The van der Waals surface area contributed by atoms with Crippen molar-refractivity contribution in [3.05, 3.63) is 52.3 Å². The molecule has 0 atom stereocenters. The van der Waals surface area contributed by atoms with Gasteiger partial charge < -0.3 is 15.1 Å². The van der Waals surface area contributed by atoms with Crippen LogP contribution in [0.1, 0.15) is 10.4 Å². The number of likely N-dealkylation sites (N-methyl/N-ethyl adjacent to an activating group) is 1. The van der Waals surface area contributed by atoms with Crippen LogP contribution in [0.2, 0.25) is 0 Å². The second kappa shape index (κ2) is 7.22. The minimum absolute atomic E-state index is 0.131. The second-order valence-corrected chi connectivity index (χ2v) is 5.81. The first-order chi connectivity index (χ1) is 12.0. The van der Waals surface area contributed by atoms with Gasteiger partial charge in [0.1, 0.15) is 18.0 Å². The minimum Gasteiger partial charge on any atom is -0.354 e. The third kappa shape index (κ3) is 4.07. The summed E-state index contributed by atoms with van der Waals surface area (Å²) >= 11 is 0. The van der Waals surface area contributed by atoms with Gasteiger partial charge in [-0.2, -0.15) is 0 Å². The highest BCUT2D eigenvalue weighted by atomic mass is 16.6. The lowest BCUT2D eigenvalue weighted by Crippen LogP contribution is -2.44. The first-order valence-electron chi connectivity index (χ1n) is 7.84. The first-order valence-corrected chi connectivity index (χ1v) is 7.84. The van der Waals surface area contributed by atoms with Gasteiger partial charge in [0.05, 0.1) is 4.92 Å². The number of nitrogens with zero attached hydrogens (tertiary/aromatic N) is 5. The molecule has 3 rings (SSSR count). The van der Waals surface area contributed by atoms with Crippen molar-refractivity contribution in [2.75, 3.05) is 43.4 Å². The fourth-order valence-electron chi connectivity index (χ4n) is 2.57. The summed E-state index contributed by atoms with van der Waals surface area (Å²) in [6.45, 7) is 3.59. The van der Waals surface area contributed by atoms with Crippen LogP contribution in [0, 0.1) is 10.1 Å². The van der Waals surface area contributed by atoms with Crippen LogP contribution in [0.3, 0.4) is 0 Å². The molecule has 0 saturated carbocycles. The van der Waals surface area contributed by atoms with Gasteiger partial charge in [-0.3, -0.25) is 14.9 Å². The number of aromatic nitrogens is 2. The minimum atomic E-state index is -0.535. The number of hydrogen-bond acceptors (Lipinski definition) is 7. The Morgan fingerprint density at radius 2 is 1.96 bits per heavy atom. The fourth-order valence-corrected chi connectivity index (χ4v) is 2.57. The summed E-state index contributed by atoms with van der Waals surface area (Å²) in [6.07, 6.45) is 1.40. The maximum Gasteiger partial charge on any atom is 0.270 e. The maximum absolute atomic E-state index is 12.3. The number of hydrogen-bond donors (Lipinski definition) is 1. The van der Waals surface area contributed by atoms with Gasteiger partial charge >= 0.3 is 0 Å². The van der Waals surface area contributed by atoms with Crippen LogP contribution in [0.15, 0.2) is 36.7 Å². The Morgan fingerprint density at radius 3 is 2.68 bits per heavy atom. The molecule has 1 aromatic heterocycles. The number of carbonyl (C=O) groups excluding carboxylic acids is 1. The van der Waals surface area contributed by atoms with Gasteiger partial charge in [-0.1, -0.05) is 6.07 Å². The van der Waals surface area contributed by atoms with Gasteiger partial charge in [0.2, 0.25) is 0 Å². The molecule has 1 aliphatic heterocycles. The molecule has 0 bridgehead atoms. The molecule has 9 heteroatoms. The molecule has 0 radical (unpaired) electrons. The highest BCUT2D eigenvalue weighted by Gasteiger charge is 2.17. The predicted octanol–water partition coefficient (Wildman–Crippen LogP) is 1.39. The molecule has 0 aliphatic carbocycles. The Kier molecular flexibility index (Phi) is 4.85. The third-order valence-electron chi connectivity index (χ3n) is 4.04. The number of amides is 1. The lowest BCUT2D eigenvalue weighted by atomic mass is 10.2. The van der Waals surface area contributed by atoms with Gasteiger partial charge in [0, 0.05) is 49.9 Å². The molecule has 1 aliphatic rings. The van der Waals surface area contributed by atoms with E-state index in [1.54, 1.807) is 6.07 Å². The Balaban J connectivity index is 1.72. The largest absolute Gasteiger partial charge is 0.354 e. The van der Waals surface area contributed by atoms with Crippen molar-refractivity contribution >= 4 is 23.2 Å². The average Bonchev–Trinajstić information content (AvgIpc) is 2.62. The molecule has 9 nitrogen and oxygen atoms in total. The molecular formula is C16H18N6O3. The van der Waals surface area contributed by atoms with Crippen LogP contribution in [-0.4, -0.2) is 58.9 Å². The molecule has 1 amide bonds. The van der Waals surface area contributed by atoms with Crippen molar-refractivity contribution in [1.29, 1.82) is 0 Å². The number of nitrogens with one attached hydrogen (secondary N) is 1. The van der Waals surface area contributed by atoms with Crippen molar-refractivity contribution < 1.29 is 9.72 Å². The van der Waals surface area contributed by atoms with E-state index in [-0.39, 0.29) is 11.3 Å². The molecular weight excluding hydrogens is 324 g/mol. The fraction of sp³-hybridized carbons (Fsp3) is 0.312. The number of piperazine rings is 1. The summed E-state index contributed by atoms with van der Waals surface area (Å²) in [5.41, 5.74) is 0.0717. The number of nitro benzene ring substituents is 1. The van der Waals surface area contributed by atoms with Gasteiger partial charge in [-0.25, -0.2) is 9.97 Å². The average molecular weight is 342 g/mol. The molecule has 25 heavy (non-hydrogen) atoms. The van der Waals surface area contributed by atoms with Crippen LogP contribution in [0.4, 0.5) is 17.3 Å². The predicted molar refractivity (Wildman–Crippen MR) is 92.8 cm³/mol. The molecule has 1 aromatic carbocycles. The molecule has 0 unspecified atom stereocenters. The van der Waals surface area contributed by atoms with E-state index in [1.807, 2.05) is 0 Å². The number of rotatable bonds is 4. The highest BCUT2D eigenvalue weighted by molar-refractivity contribution is 6.04. The van der Waals surface area contributed by atoms with Crippen molar-refractivity contribution in [1.82, 2.24) is 14.9 Å². The van der Waals surface area contributed by atoms with E-state index in [0.717, 1.165) is 32.0 Å². The lowest BCUT2D eigenvalue weighted by Gasteiger charge is -2.33. The lowest BCUT2D eigenvalue weighted by molar-refractivity contribution is -0.384. The summed E-state index contributed by atoms with van der Waals surface area (Å²) in [7, 11) is 2.07. The Morgan fingerprint density at radius 1 is 1.20 bits per heavy atom.